The van der Waals surface area contributed by atoms with Crippen LogP contribution in [0.5, 0.6) is 0 Å². The monoisotopic (exact) mass is 301 g/mol. The Bertz CT molecular complexity index is 439. The number of aliphatic hydroxyl groups is 1. The van der Waals surface area contributed by atoms with Crippen molar-refractivity contribution in [3.8, 4) is 0 Å². The van der Waals surface area contributed by atoms with E-state index in [4.69, 9.17) is 23.2 Å². The maximum absolute atomic E-state index is 12.6. The molecule has 0 atom stereocenters. The van der Waals surface area contributed by atoms with Gasteiger partial charge in [-0.15, -0.1) is 0 Å². The molecule has 5 heteroatoms. The van der Waals surface area contributed by atoms with Crippen LogP contribution in [0.1, 0.15) is 36.0 Å². The number of aliphatic hydroxyl groups excluding tert-OH is 1. The molecule has 1 aliphatic carbocycles. The van der Waals surface area contributed by atoms with E-state index < -0.39 is 0 Å². The first-order chi connectivity index (χ1) is 9.15. The summed E-state index contributed by atoms with van der Waals surface area (Å²) in [5.41, 5.74) is 0.339. The Kier molecular flexibility index (Phi) is 5.08. The second kappa shape index (κ2) is 6.60. The maximum Gasteiger partial charge on any atom is 0.257 e. The first-order valence-corrected chi connectivity index (χ1v) is 7.26. The lowest BCUT2D eigenvalue weighted by Gasteiger charge is -2.29. The van der Waals surface area contributed by atoms with Crippen LogP contribution in [-0.4, -0.2) is 35.1 Å². The molecule has 0 unspecified atom stereocenters. The van der Waals surface area contributed by atoms with Gasteiger partial charge in [-0.05, 0) is 25.0 Å². The summed E-state index contributed by atoms with van der Waals surface area (Å²) in [6, 6.07) is 5.22. The first-order valence-electron chi connectivity index (χ1n) is 6.51. The van der Waals surface area contributed by atoms with E-state index >= 15 is 0 Å². The molecule has 0 radical (unpaired) electrons. The molecule has 1 fully saturated rings. The number of halogens is 2. The maximum atomic E-state index is 12.6. The zero-order valence-corrected chi connectivity index (χ0v) is 12.1. The van der Waals surface area contributed by atoms with Gasteiger partial charge in [-0.1, -0.05) is 42.1 Å². The van der Waals surface area contributed by atoms with E-state index in [1.807, 2.05) is 0 Å². The van der Waals surface area contributed by atoms with Crippen LogP contribution in [0.2, 0.25) is 10.0 Å². The molecule has 3 nitrogen and oxygen atoms in total. The average Bonchev–Trinajstić information content (AvgIpc) is 2.89. The molecule has 0 saturated heterocycles. The molecule has 0 heterocycles. The van der Waals surface area contributed by atoms with Crippen LogP contribution < -0.4 is 0 Å². The van der Waals surface area contributed by atoms with E-state index in [1.165, 1.54) is 0 Å². The summed E-state index contributed by atoms with van der Waals surface area (Å²) in [6.07, 6.45) is 4.20. The van der Waals surface area contributed by atoms with Gasteiger partial charge in [-0.2, -0.15) is 0 Å². The molecule has 0 aromatic heterocycles. The molecule has 104 valence electrons. The first kappa shape index (κ1) is 14.6. The summed E-state index contributed by atoms with van der Waals surface area (Å²) < 4.78 is 0. The predicted octanol–water partition coefficient (Wildman–Crippen LogP) is 3.37. The molecule has 0 spiro atoms. The van der Waals surface area contributed by atoms with Crippen molar-refractivity contribution in [1.82, 2.24) is 4.90 Å². The Morgan fingerprint density at radius 1 is 1.26 bits per heavy atom. The minimum Gasteiger partial charge on any atom is -0.395 e. The molecule has 1 amide bonds. The van der Waals surface area contributed by atoms with Gasteiger partial charge in [0.25, 0.3) is 5.91 Å². The zero-order chi connectivity index (χ0) is 13.8. The second-order valence-corrected chi connectivity index (χ2v) is 5.57. The number of carbonyl (C=O) groups is 1. The van der Waals surface area contributed by atoms with E-state index in [-0.39, 0.29) is 18.6 Å². The number of benzene rings is 1. The highest BCUT2D eigenvalue weighted by atomic mass is 35.5. The summed E-state index contributed by atoms with van der Waals surface area (Å²) >= 11 is 12.2. The zero-order valence-electron chi connectivity index (χ0n) is 10.6. The molecular weight excluding hydrogens is 285 g/mol. The van der Waals surface area contributed by atoms with Gasteiger partial charge in [-0.3, -0.25) is 4.79 Å². The van der Waals surface area contributed by atoms with Crippen LogP contribution in [0, 0.1) is 0 Å². The summed E-state index contributed by atoms with van der Waals surface area (Å²) in [5.74, 6) is -0.184. The van der Waals surface area contributed by atoms with Gasteiger partial charge >= 0.3 is 0 Å². The smallest absolute Gasteiger partial charge is 0.257 e. The van der Waals surface area contributed by atoms with Crippen LogP contribution in [0.25, 0.3) is 0 Å². The lowest BCUT2D eigenvalue weighted by molar-refractivity contribution is 0.0638. The Morgan fingerprint density at radius 2 is 1.84 bits per heavy atom. The van der Waals surface area contributed by atoms with Gasteiger partial charge in [0.1, 0.15) is 0 Å². The van der Waals surface area contributed by atoms with Crippen LogP contribution in [-0.2, 0) is 0 Å². The quantitative estimate of drug-likeness (QED) is 0.926. The topological polar surface area (TPSA) is 40.5 Å². The van der Waals surface area contributed by atoms with E-state index in [9.17, 15) is 9.90 Å². The molecule has 1 saturated carbocycles. The van der Waals surface area contributed by atoms with Gasteiger partial charge in [0.15, 0.2) is 0 Å². The van der Waals surface area contributed by atoms with E-state index in [1.54, 1.807) is 23.1 Å². The van der Waals surface area contributed by atoms with Crippen LogP contribution >= 0.6 is 23.2 Å². The van der Waals surface area contributed by atoms with Gasteiger partial charge in [0.05, 0.1) is 22.2 Å². The molecule has 1 N–H and O–H groups in total. The van der Waals surface area contributed by atoms with Crippen LogP contribution in [0.3, 0.4) is 0 Å². The fourth-order valence-electron chi connectivity index (χ4n) is 2.62. The number of amides is 1. The highest BCUT2D eigenvalue weighted by Crippen LogP contribution is 2.29. The fourth-order valence-corrected chi connectivity index (χ4v) is 3.18. The van der Waals surface area contributed by atoms with Crippen LogP contribution in [0.4, 0.5) is 0 Å². The third-order valence-electron chi connectivity index (χ3n) is 3.54. The van der Waals surface area contributed by atoms with E-state index in [0.29, 0.717) is 22.2 Å². The highest BCUT2D eigenvalue weighted by Gasteiger charge is 2.29. The molecule has 2 rings (SSSR count). The molecule has 1 aliphatic rings. The molecule has 19 heavy (non-hydrogen) atoms. The normalized spacial score (nSPS) is 15.7. The van der Waals surface area contributed by atoms with Crippen molar-refractivity contribution in [2.24, 2.45) is 0 Å². The molecular formula is C14H17Cl2NO2. The van der Waals surface area contributed by atoms with Crippen molar-refractivity contribution < 1.29 is 9.90 Å². The van der Waals surface area contributed by atoms with Crippen molar-refractivity contribution in [3.63, 3.8) is 0 Å². The number of rotatable bonds is 4. The Hall–Kier alpha value is -0.770. The number of hydrogen-bond acceptors (Lipinski definition) is 2. The summed E-state index contributed by atoms with van der Waals surface area (Å²) in [5, 5.41) is 9.89. The second-order valence-electron chi connectivity index (χ2n) is 4.76. The van der Waals surface area contributed by atoms with Crippen LogP contribution in [0.15, 0.2) is 18.2 Å². The van der Waals surface area contributed by atoms with Crippen molar-refractivity contribution in [2.45, 2.75) is 31.7 Å². The van der Waals surface area contributed by atoms with Crippen molar-refractivity contribution in [1.29, 1.82) is 0 Å². The minimum atomic E-state index is -0.184. The van der Waals surface area contributed by atoms with Crippen molar-refractivity contribution >= 4 is 29.1 Å². The van der Waals surface area contributed by atoms with Crippen molar-refractivity contribution in [3.05, 3.63) is 33.8 Å². The predicted molar refractivity (Wildman–Crippen MR) is 76.8 cm³/mol. The highest BCUT2D eigenvalue weighted by molar-refractivity contribution is 6.39. The van der Waals surface area contributed by atoms with E-state index in [0.717, 1.165) is 25.7 Å². The number of nitrogens with zero attached hydrogens (tertiary/aromatic N) is 1. The molecule has 0 bridgehead atoms. The largest absolute Gasteiger partial charge is 0.395 e. The van der Waals surface area contributed by atoms with Gasteiger partial charge in [0, 0.05) is 12.6 Å². The fraction of sp³-hybridized carbons (Fsp3) is 0.500. The van der Waals surface area contributed by atoms with Gasteiger partial charge < -0.3 is 10.0 Å². The van der Waals surface area contributed by atoms with E-state index in [2.05, 4.69) is 0 Å². The number of hydrogen-bond donors (Lipinski definition) is 1. The third-order valence-corrected chi connectivity index (χ3v) is 4.17. The third kappa shape index (κ3) is 3.22. The average molecular weight is 302 g/mol. The lowest BCUT2D eigenvalue weighted by atomic mass is 10.1. The van der Waals surface area contributed by atoms with Gasteiger partial charge in [-0.25, -0.2) is 0 Å². The number of carbonyl (C=O) groups excluding carboxylic acids is 1. The summed E-state index contributed by atoms with van der Waals surface area (Å²) in [6.45, 7) is 0.273. The molecule has 0 aliphatic heterocycles. The lowest BCUT2D eigenvalue weighted by Crippen LogP contribution is -2.41. The Balaban J connectivity index is 2.28. The Labute approximate surface area is 123 Å². The Morgan fingerprint density at radius 3 is 2.37 bits per heavy atom. The van der Waals surface area contributed by atoms with Crippen molar-refractivity contribution in [2.75, 3.05) is 13.2 Å². The molecule has 1 aromatic rings. The minimum absolute atomic E-state index is 0.0513. The van der Waals surface area contributed by atoms with Gasteiger partial charge in [0.2, 0.25) is 0 Å². The summed E-state index contributed by atoms with van der Waals surface area (Å²) in [7, 11) is 0. The molecule has 1 aromatic carbocycles. The standard InChI is InChI=1S/C14H17Cl2NO2/c15-11-6-3-7-12(16)13(11)14(19)17(8-9-18)10-4-1-2-5-10/h3,6-7,10,18H,1-2,4-5,8-9H2. The summed E-state index contributed by atoms with van der Waals surface area (Å²) in [4.78, 5) is 14.3. The SMILES string of the molecule is O=C(c1c(Cl)cccc1Cl)N(CCO)C1CCCC1.